The molecule has 46 heavy (non-hydrogen) atoms. The summed E-state index contributed by atoms with van der Waals surface area (Å²) in [5.41, 5.74) is -0.297. The van der Waals surface area contributed by atoms with E-state index in [1.165, 1.54) is 29.2 Å². The first-order valence-electron chi connectivity index (χ1n) is 14.1. The zero-order chi connectivity index (χ0) is 33.5. The third-order valence-corrected chi connectivity index (χ3v) is 9.69. The van der Waals surface area contributed by atoms with E-state index >= 15 is 0 Å². The van der Waals surface area contributed by atoms with Crippen LogP contribution in [-0.2, 0) is 38.8 Å². The maximum absolute atomic E-state index is 14.3. The number of carbonyl (C=O) groups excluding carboxylic acids is 2. The molecule has 1 unspecified atom stereocenters. The van der Waals surface area contributed by atoms with Crippen molar-refractivity contribution in [3.63, 3.8) is 0 Å². The highest BCUT2D eigenvalue weighted by atomic mass is 79.9. The predicted molar refractivity (Wildman–Crippen MR) is 175 cm³/mol. The van der Waals surface area contributed by atoms with Gasteiger partial charge in [-0.1, -0.05) is 88.2 Å². The van der Waals surface area contributed by atoms with Gasteiger partial charge in [-0.25, -0.2) is 8.42 Å². The molecule has 0 spiro atoms. The summed E-state index contributed by atoms with van der Waals surface area (Å²) in [5, 5.41) is 2.13. The third kappa shape index (κ3) is 8.68. The summed E-state index contributed by atoms with van der Waals surface area (Å²) in [6, 6.07) is 24.6. The van der Waals surface area contributed by atoms with Crippen molar-refractivity contribution in [3.8, 4) is 0 Å². The van der Waals surface area contributed by atoms with Crippen LogP contribution in [0.4, 0.5) is 18.9 Å². The van der Waals surface area contributed by atoms with Gasteiger partial charge in [-0.05, 0) is 60.5 Å². The van der Waals surface area contributed by atoms with Crippen LogP contribution in [0, 0.1) is 0 Å². The number of nitrogens with zero attached hydrogens (tertiary/aromatic N) is 2. The van der Waals surface area contributed by atoms with E-state index in [0.29, 0.717) is 15.9 Å². The Hall–Kier alpha value is -3.87. The summed E-state index contributed by atoms with van der Waals surface area (Å²) < 4.78 is 71.0. The van der Waals surface area contributed by atoms with Gasteiger partial charge in [-0.15, -0.1) is 0 Å². The molecule has 0 radical (unpaired) electrons. The first-order chi connectivity index (χ1) is 21.8. The minimum absolute atomic E-state index is 0.0889. The van der Waals surface area contributed by atoms with Crippen molar-refractivity contribution in [1.29, 1.82) is 0 Å². The van der Waals surface area contributed by atoms with Crippen LogP contribution in [0.25, 0.3) is 0 Å². The lowest BCUT2D eigenvalue weighted by Crippen LogP contribution is -2.53. The highest BCUT2D eigenvalue weighted by molar-refractivity contribution is 9.10. The summed E-state index contributed by atoms with van der Waals surface area (Å²) >= 11 is 9.22. The number of amides is 2. The number of anilines is 1. The van der Waals surface area contributed by atoms with Crippen LogP contribution in [0.3, 0.4) is 0 Å². The second-order valence-electron chi connectivity index (χ2n) is 10.2. The molecule has 4 aromatic rings. The van der Waals surface area contributed by atoms with Crippen molar-refractivity contribution in [2.75, 3.05) is 17.4 Å². The summed E-state index contributed by atoms with van der Waals surface area (Å²) in [7, 11) is -4.58. The largest absolute Gasteiger partial charge is 0.417 e. The molecule has 7 nitrogen and oxygen atoms in total. The summed E-state index contributed by atoms with van der Waals surface area (Å²) in [4.78, 5) is 28.9. The molecule has 1 atom stereocenters. The van der Waals surface area contributed by atoms with Gasteiger partial charge in [0.15, 0.2) is 0 Å². The summed E-state index contributed by atoms with van der Waals surface area (Å²) in [6.45, 7) is 1.00. The van der Waals surface area contributed by atoms with Gasteiger partial charge in [0.1, 0.15) is 12.6 Å². The molecule has 0 fully saturated rings. The molecule has 0 aromatic heterocycles. The Morgan fingerprint density at radius 1 is 0.891 bits per heavy atom. The van der Waals surface area contributed by atoms with Crippen molar-refractivity contribution in [2.24, 2.45) is 0 Å². The molecule has 4 rings (SSSR count). The van der Waals surface area contributed by atoms with Gasteiger partial charge < -0.3 is 10.2 Å². The van der Waals surface area contributed by atoms with E-state index in [1.807, 2.05) is 6.07 Å². The van der Waals surface area contributed by atoms with Gasteiger partial charge in [0.05, 0.1) is 21.2 Å². The van der Waals surface area contributed by atoms with Crippen LogP contribution in [0.2, 0.25) is 5.02 Å². The Bertz CT molecular complexity index is 1760. The van der Waals surface area contributed by atoms with Crippen LogP contribution in [0.5, 0.6) is 0 Å². The molecule has 0 bridgehead atoms. The Labute approximate surface area is 279 Å². The van der Waals surface area contributed by atoms with Gasteiger partial charge in [0.25, 0.3) is 10.0 Å². The Kier molecular flexibility index (Phi) is 11.5. The average molecular weight is 737 g/mol. The highest BCUT2D eigenvalue weighted by Gasteiger charge is 2.37. The average Bonchev–Trinajstić information content (AvgIpc) is 3.03. The van der Waals surface area contributed by atoms with E-state index in [-0.39, 0.29) is 24.4 Å². The number of rotatable bonds is 12. The second-order valence-corrected chi connectivity index (χ2v) is 13.4. The number of hydrogen-bond acceptors (Lipinski definition) is 4. The van der Waals surface area contributed by atoms with Crippen molar-refractivity contribution >= 4 is 55.1 Å². The van der Waals surface area contributed by atoms with Crippen molar-refractivity contribution in [2.45, 2.75) is 37.0 Å². The minimum atomic E-state index is -4.90. The molecule has 0 saturated heterocycles. The number of sulfonamides is 1. The van der Waals surface area contributed by atoms with Crippen molar-refractivity contribution < 1.29 is 31.2 Å². The lowest BCUT2D eigenvalue weighted by molar-refractivity contribution is -0.140. The molecule has 0 aliphatic carbocycles. The van der Waals surface area contributed by atoms with E-state index in [0.717, 1.165) is 22.2 Å². The van der Waals surface area contributed by atoms with Crippen molar-refractivity contribution in [3.05, 3.63) is 129 Å². The monoisotopic (exact) mass is 735 g/mol. The number of benzene rings is 4. The van der Waals surface area contributed by atoms with Gasteiger partial charge in [-0.2, -0.15) is 13.2 Å². The van der Waals surface area contributed by atoms with E-state index in [4.69, 9.17) is 11.6 Å². The molecule has 2 amide bonds. The van der Waals surface area contributed by atoms with Gasteiger partial charge in [0.2, 0.25) is 11.8 Å². The highest BCUT2D eigenvalue weighted by Crippen LogP contribution is 2.38. The fraction of sp³-hybridized carbons (Fsp3) is 0.212. The van der Waals surface area contributed by atoms with Crippen molar-refractivity contribution in [1.82, 2.24) is 10.2 Å². The Balaban J connectivity index is 1.84. The van der Waals surface area contributed by atoms with Crippen LogP contribution < -0.4 is 9.62 Å². The Morgan fingerprint density at radius 3 is 2.09 bits per heavy atom. The van der Waals surface area contributed by atoms with E-state index < -0.39 is 56.9 Å². The number of nitrogens with one attached hydrogen (secondary N) is 1. The molecule has 13 heteroatoms. The van der Waals surface area contributed by atoms with Gasteiger partial charge in [0, 0.05) is 24.0 Å². The van der Waals surface area contributed by atoms with Gasteiger partial charge in [-0.3, -0.25) is 13.9 Å². The smallest absolute Gasteiger partial charge is 0.355 e. The number of halogens is 5. The van der Waals surface area contributed by atoms with Crippen LogP contribution in [0.1, 0.15) is 23.6 Å². The van der Waals surface area contributed by atoms with Crippen LogP contribution in [0.15, 0.2) is 112 Å². The molecular weight excluding hydrogens is 707 g/mol. The maximum atomic E-state index is 14.3. The molecule has 4 aromatic carbocycles. The molecule has 1 N–H and O–H groups in total. The fourth-order valence-corrected chi connectivity index (χ4v) is 6.68. The molecule has 0 heterocycles. The first-order valence-corrected chi connectivity index (χ1v) is 16.7. The number of hydrogen-bond donors (Lipinski definition) is 1. The second kappa shape index (κ2) is 15.1. The Morgan fingerprint density at radius 2 is 1.50 bits per heavy atom. The SMILES string of the molecule is CCNC(=O)C(Cc1ccccc1)N(Cc1ccc(Br)cc1)C(=O)CN(c1ccc(Cl)c(C(F)(F)F)c1)S(=O)(=O)c1ccccc1. The summed E-state index contributed by atoms with van der Waals surface area (Å²) in [5.74, 6) is -1.28. The number of likely N-dealkylation sites (N-methyl/N-ethyl adjacent to an activating group) is 1. The summed E-state index contributed by atoms with van der Waals surface area (Å²) in [6.07, 6.45) is -4.80. The molecule has 0 aliphatic heterocycles. The lowest BCUT2D eigenvalue weighted by atomic mass is 10.0. The molecule has 0 saturated carbocycles. The van der Waals surface area contributed by atoms with Crippen LogP contribution in [-0.4, -0.2) is 44.3 Å². The maximum Gasteiger partial charge on any atom is 0.417 e. The lowest BCUT2D eigenvalue weighted by Gasteiger charge is -2.34. The minimum Gasteiger partial charge on any atom is -0.355 e. The fourth-order valence-electron chi connectivity index (χ4n) is 4.77. The molecule has 0 aliphatic rings. The van der Waals surface area contributed by atoms with E-state index in [2.05, 4.69) is 21.2 Å². The number of carbonyl (C=O) groups is 2. The van der Waals surface area contributed by atoms with E-state index in [1.54, 1.807) is 61.5 Å². The molecule has 242 valence electrons. The number of alkyl halides is 3. The standard InChI is InChI=1S/C33H30BrClF3N3O4S/c1-2-39-32(43)30(19-23-9-5-3-6-10-23)40(21-24-13-15-25(34)16-14-24)31(42)22-41(46(44,45)27-11-7-4-8-12-27)26-17-18-29(35)28(20-26)33(36,37)38/h3-18,20,30H,2,19,21-22H2,1H3,(H,39,43). The first kappa shape index (κ1) is 35.0. The zero-order valence-corrected chi connectivity index (χ0v) is 27.7. The van der Waals surface area contributed by atoms with E-state index in [9.17, 15) is 31.2 Å². The molecular formula is C33H30BrClF3N3O4S. The normalized spacial score (nSPS) is 12.3. The zero-order valence-electron chi connectivity index (χ0n) is 24.5. The predicted octanol–water partition coefficient (Wildman–Crippen LogP) is 7.09. The van der Waals surface area contributed by atoms with Gasteiger partial charge >= 0.3 is 6.18 Å². The van der Waals surface area contributed by atoms with Crippen LogP contribution >= 0.6 is 27.5 Å². The topological polar surface area (TPSA) is 86.8 Å². The quantitative estimate of drug-likeness (QED) is 0.168. The third-order valence-electron chi connectivity index (χ3n) is 7.04.